The Morgan fingerprint density at radius 3 is 2.79 bits per heavy atom. The van der Waals surface area contributed by atoms with E-state index in [1.54, 1.807) is 20.1 Å². The molecule has 0 heterocycles. The molecular formula is C15H21NO3. The van der Waals surface area contributed by atoms with Crippen LogP contribution in [-0.4, -0.2) is 26.2 Å². The fourth-order valence-corrected chi connectivity index (χ4v) is 1.85. The van der Waals surface area contributed by atoms with E-state index in [0.717, 1.165) is 16.9 Å². The zero-order valence-electron chi connectivity index (χ0n) is 11.7. The van der Waals surface area contributed by atoms with E-state index in [1.807, 2.05) is 25.1 Å². The average molecular weight is 263 g/mol. The van der Waals surface area contributed by atoms with Crippen LogP contribution in [0.4, 0.5) is 0 Å². The molecule has 0 aliphatic rings. The lowest BCUT2D eigenvalue weighted by Crippen LogP contribution is -2.30. The Hall–Kier alpha value is -1.81. The van der Waals surface area contributed by atoms with Crippen molar-refractivity contribution in [3.05, 3.63) is 42.0 Å². The fourth-order valence-electron chi connectivity index (χ4n) is 1.85. The third-order valence-corrected chi connectivity index (χ3v) is 2.74. The quantitative estimate of drug-likeness (QED) is 0.606. The summed E-state index contributed by atoms with van der Waals surface area (Å²) >= 11 is 0. The first-order chi connectivity index (χ1) is 9.13. The van der Waals surface area contributed by atoms with Crippen molar-refractivity contribution in [1.29, 1.82) is 0 Å². The molecule has 0 fully saturated rings. The zero-order chi connectivity index (χ0) is 14.3. The maximum atomic E-state index is 12.0. The van der Waals surface area contributed by atoms with E-state index in [2.05, 4.69) is 11.9 Å². The van der Waals surface area contributed by atoms with Gasteiger partial charge in [0.05, 0.1) is 13.7 Å². The lowest BCUT2D eigenvalue weighted by Gasteiger charge is -2.18. The van der Waals surface area contributed by atoms with Crippen LogP contribution < -0.4 is 10.1 Å². The van der Waals surface area contributed by atoms with Gasteiger partial charge in [-0.3, -0.25) is 5.32 Å². The second-order valence-electron chi connectivity index (χ2n) is 4.11. The average Bonchev–Trinajstić information content (AvgIpc) is 2.39. The molecule has 1 rings (SSSR count). The van der Waals surface area contributed by atoms with Gasteiger partial charge in [0.15, 0.2) is 0 Å². The van der Waals surface area contributed by atoms with Gasteiger partial charge in [0.25, 0.3) is 0 Å². The fraction of sp³-hybridized carbons (Fsp3) is 0.400. The van der Waals surface area contributed by atoms with Gasteiger partial charge in [0.2, 0.25) is 0 Å². The Balaban J connectivity index is 2.99. The van der Waals surface area contributed by atoms with Crippen molar-refractivity contribution in [3.63, 3.8) is 0 Å². The van der Waals surface area contributed by atoms with Crippen LogP contribution in [0.15, 0.2) is 30.9 Å². The van der Waals surface area contributed by atoms with Crippen LogP contribution in [-0.2, 0) is 9.53 Å². The largest absolute Gasteiger partial charge is 0.496 e. The number of carbonyl (C=O) groups excluding carboxylic acids is 1. The van der Waals surface area contributed by atoms with E-state index in [1.165, 1.54) is 0 Å². The van der Waals surface area contributed by atoms with Crippen molar-refractivity contribution in [2.75, 3.05) is 20.3 Å². The second kappa shape index (κ2) is 7.59. The molecule has 0 bridgehead atoms. The Kier molecular flexibility index (Phi) is 6.09. The summed E-state index contributed by atoms with van der Waals surface area (Å²) in [6, 6.07) is 5.16. The Bertz CT molecular complexity index is 443. The molecule has 0 saturated heterocycles. The minimum atomic E-state index is -0.484. The molecule has 1 aromatic carbocycles. The molecule has 1 unspecified atom stereocenters. The third kappa shape index (κ3) is 4.10. The highest BCUT2D eigenvalue weighted by Gasteiger charge is 2.21. The summed E-state index contributed by atoms with van der Waals surface area (Å²) in [5.41, 5.74) is 1.84. The number of hydrogen-bond acceptors (Lipinski definition) is 4. The summed E-state index contributed by atoms with van der Waals surface area (Å²) < 4.78 is 10.3. The topological polar surface area (TPSA) is 47.6 Å². The van der Waals surface area contributed by atoms with Crippen LogP contribution in [0.5, 0.6) is 5.75 Å². The van der Waals surface area contributed by atoms with Crippen LogP contribution >= 0.6 is 0 Å². The monoisotopic (exact) mass is 263 g/mol. The van der Waals surface area contributed by atoms with Crippen molar-refractivity contribution in [3.8, 4) is 5.75 Å². The minimum Gasteiger partial charge on any atom is -0.496 e. The minimum absolute atomic E-state index is 0.283. The normalized spacial score (nSPS) is 11.7. The van der Waals surface area contributed by atoms with Gasteiger partial charge in [-0.2, -0.15) is 0 Å². The van der Waals surface area contributed by atoms with E-state index in [9.17, 15) is 4.79 Å². The number of methoxy groups -OCH3 is 1. The molecule has 1 aromatic rings. The molecule has 0 radical (unpaired) electrons. The predicted molar refractivity (Wildman–Crippen MR) is 75.3 cm³/mol. The molecule has 0 aromatic heterocycles. The molecule has 1 N–H and O–H groups in total. The molecular weight excluding hydrogens is 242 g/mol. The highest BCUT2D eigenvalue weighted by Crippen LogP contribution is 2.23. The van der Waals surface area contributed by atoms with E-state index in [4.69, 9.17) is 9.47 Å². The molecule has 0 saturated carbocycles. The number of aryl methyl sites for hydroxylation is 1. The van der Waals surface area contributed by atoms with Gasteiger partial charge in [-0.25, -0.2) is 4.79 Å². The number of rotatable bonds is 7. The first-order valence-electron chi connectivity index (χ1n) is 6.29. The Morgan fingerprint density at radius 1 is 1.53 bits per heavy atom. The molecule has 0 aliphatic heterocycles. The number of hydrogen-bond donors (Lipinski definition) is 1. The molecule has 0 aliphatic carbocycles. The summed E-state index contributed by atoms with van der Waals surface area (Å²) in [6.07, 6.45) is 1.71. The third-order valence-electron chi connectivity index (χ3n) is 2.74. The Labute approximate surface area is 114 Å². The van der Waals surface area contributed by atoms with Crippen LogP contribution in [0.1, 0.15) is 24.1 Å². The van der Waals surface area contributed by atoms with E-state index >= 15 is 0 Å². The maximum Gasteiger partial charge on any atom is 0.327 e. The highest BCUT2D eigenvalue weighted by atomic mass is 16.5. The summed E-state index contributed by atoms with van der Waals surface area (Å²) in [7, 11) is 1.63. The van der Waals surface area contributed by atoms with Crippen LogP contribution in [0.25, 0.3) is 0 Å². The van der Waals surface area contributed by atoms with Gasteiger partial charge in [-0.05, 0) is 31.0 Å². The van der Waals surface area contributed by atoms with Gasteiger partial charge < -0.3 is 9.47 Å². The lowest BCUT2D eigenvalue weighted by molar-refractivity contribution is -0.145. The summed E-state index contributed by atoms with van der Waals surface area (Å²) in [4.78, 5) is 12.0. The first-order valence-corrected chi connectivity index (χ1v) is 6.29. The van der Waals surface area contributed by atoms with Gasteiger partial charge in [0, 0.05) is 6.54 Å². The number of nitrogens with one attached hydrogen (secondary N) is 1. The van der Waals surface area contributed by atoms with Gasteiger partial charge >= 0.3 is 5.97 Å². The summed E-state index contributed by atoms with van der Waals surface area (Å²) in [5.74, 6) is 0.518. The maximum absolute atomic E-state index is 12.0. The number of esters is 1. The first kappa shape index (κ1) is 15.2. The van der Waals surface area contributed by atoms with Crippen LogP contribution in [0, 0.1) is 6.92 Å². The summed E-state index contributed by atoms with van der Waals surface area (Å²) in [6.45, 7) is 8.28. The van der Waals surface area contributed by atoms with Gasteiger partial charge in [-0.1, -0.05) is 18.2 Å². The summed E-state index contributed by atoms with van der Waals surface area (Å²) in [5, 5.41) is 3.10. The van der Waals surface area contributed by atoms with Gasteiger partial charge in [-0.15, -0.1) is 6.58 Å². The van der Waals surface area contributed by atoms with E-state index < -0.39 is 6.04 Å². The zero-order valence-corrected chi connectivity index (χ0v) is 11.7. The smallest absolute Gasteiger partial charge is 0.327 e. The van der Waals surface area contributed by atoms with Crippen molar-refractivity contribution in [1.82, 2.24) is 5.32 Å². The van der Waals surface area contributed by atoms with Crippen molar-refractivity contribution in [2.24, 2.45) is 0 Å². The van der Waals surface area contributed by atoms with Crippen LogP contribution in [0.3, 0.4) is 0 Å². The standard InChI is InChI=1S/C15H21NO3/c1-5-9-16-14(15(17)19-6-2)12-7-8-13(18-4)11(3)10-12/h5,7-8,10,14,16H,1,6,9H2,2-4H3. The number of ether oxygens (including phenoxy) is 2. The number of benzene rings is 1. The molecule has 4 nitrogen and oxygen atoms in total. The van der Waals surface area contributed by atoms with Crippen molar-refractivity contribution >= 4 is 5.97 Å². The molecule has 4 heteroatoms. The van der Waals surface area contributed by atoms with E-state index in [-0.39, 0.29) is 5.97 Å². The molecule has 19 heavy (non-hydrogen) atoms. The Morgan fingerprint density at radius 2 is 2.26 bits per heavy atom. The molecule has 0 spiro atoms. The van der Waals surface area contributed by atoms with Crippen molar-refractivity contribution in [2.45, 2.75) is 19.9 Å². The van der Waals surface area contributed by atoms with Gasteiger partial charge in [0.1, 0.15) is 11.8 Å². The highest BCUT2D eigenvalue weighted by molar-refractivity contribution is 5.77. The number of carbonyl (C=O) groups is 1. The van der Waals surface area contributed by atoms with Crippen molar-refractivity contribution < 1.29 is 14.3 Å². The van der Waals surface area contributed by atoms with E-state index in [0.29, 0.717) is 13.2 Å². The molecule has 0 amide bonds. The molecule has 104 valence electrons. The predicted octanol–water partition coefficient (Wildman–Crippen LogP) is 2.38. The lowest BCUT2D eigenvalue weighted by atomic mass is 10.0. The second-order valence-corrected chi connectivity index (χ2v) is 4.11. The van der Waals surface area contributed by atoms with Crippen LogP contribution in [0.2, 0.25) is 0 Å². The molecule has 1 atom stereocenters. The SMILES string of the molecule is C=CCNC(C(=O)OCC)c1ccc(OC)c(C)c1.